The SMILES string of the molecule is CCCCC(F)(F)C(=O)CC[C@H]1[C@H](OC2CCCCO2)CC(=O)[C@@H]1CCCCCCC(=O)OCc1ccccc1. The Morgan fingerprint density at radius 2 is 1.77 bits per heavy atom. The summed E-state index contributed by atoms with van der Waals surface area (Å²) in [6, 6.07) is 9.55. The standard InChI is InChI=1S/C32H46F2O6/c1-2-3-20-32(33,34)29(36)19-18-26-25(27(35)22-28(26)40-31-17-11-12-21-38-31)15-9-4-5-10-16-30(37)39-23-24-13-7-6-8-14-24/h6-8,13-14,25-26,28,31H,2-5,9-12,15-23H2,1H3/t25-,26-,28-,31?/m1/s1. The average Bonchev–Trinajstić information content (AvgIpc) is 3.25. The minimum Gasteiger partial charge on any atom is -0.461 e. The zero-order valence-corrected chi connectivity index (χ0v) is 23.9. The van der Waals surface area contributed by atoms with E-state index in [2.05, 4.69) is 0 Å². The summed E-state index contributed by atoms with van der Waals surface area (Å²) < 4.78 is 45.9. The van der Waals surface area contributed by atoms with Crippen molar-refractivity contribution in [2.45, 2.75) is 128 Å². The van der Waals surface area contributed by atoms with Gasteiger partial charge in [-0.05, 0) is 56.4 Å². The van der Waals surface area contributed by atoms with Crippen molar-refractivity contribution < 1.29 is 37.4 Å². The van der Waals surface area contributed by atoms with Gasteiger partial charge in [-0.3, -0.25) is 14.4 Å². The van der Waals surface area contributed by atoms with Gasteiger partial charge in [-0.1, -0.05) is 62.9 Å². The molecular formula is C32H46F2O6. The highest BCUT2D eigenvalue weighted by molar-refractivity contribution is 5.86. The zero-order valence-electron chi connectivity index (χ0n) is 23.9. The molecule has 8 heteroatoms. The van der Waals surface area contributed by atoms with E-state index in [4.69, 9.17) is 14.2 Å². The van der Waals surface area contributed by atoms with Gasteiger partial charge in [0.05, 0.1) is 6.10 Å². The Bertz CT molecular complexity index is 915. The van der Waals surface area contributed by atoms with Crippen LogP contribution in [0.15, 0.2) is 30.3 Å². The summed E-state index contributed by atoms with van der Waals surface area (Å²) in [5, 5.41) is 0. The summed E-state index contributed by atoms with van der Waals surface area (Å²) >= 11 is 0. The molecule has 4 atom stereocenters. The first-order valence-corrected chi connectivity index (χ1v) is 15.2. The van der Waals surface area contributed by atoms with Crippen molar-refractivity contribution in [2.24, 2.45) is 11.8 Å². The van der Waals surface area contributed by atoms with Gasteiger partial charge in [-0.15, -0.1) is 0 Å². The first-order chi connectivity index (χ1) is 19.3. The van der Waals surface area contributed by atoms with E-state index in [9.17, 15) is 23.2 Å². The Morgan fingerprint density at radius 1 is 1.00 bits per heavy atom. The second kappa shape index (κ2) is 16.9. The highest BCUT2D eigenvalue weighted by atomic mass is 19.3. The van der Waals surface area contributed by atoms with Crippen molar-refractivity contribution >= 4 is 17.5 Å². The van der Waals surface area contributed by atoms with Crippen LogP contribution in [-0.2, 0) is 35.2 Å². The van der Waals surface area contributed by atoms with Gasteiger partial charge in [0, 0.05) is 38.2 Å². The predicted molar refractivity (Wildman–Crippen MR) is 148 cm³/mol. The smallest absolute Gasteiger partial charge is 0.306 e. The summed E-state index contributed by atoms with van der Waals surface area (Å²) in [5.74, 6) is -5.07. The summed E-state index contributed by atoms with van der Waals surface area (Å²) in [5.41, 5.74) is 0.954. The van der Waals surface area contributed by atoms with E-state index in [1.807, 2.05) is 37.3 Å². The van der Waals surface area contributed by atoms with Crippen LogP contribution >= 0.6 is 0 Å². The van der Waals surface area contributed by atoms with Crippen LogP contribution in [0.3, 0.4) is 0 Å². The lowest BCUT2D eigenvalue weighted by Gasteiger charge is -2.30. The number of Topliss-reactive ketones (excluding diaryl/α,β-unsaturated/α-hetero) is 2. The molecule has 1 saturated heterocycles. The number of hydrogen-bond acceptors (Lipinski definition) is 6. The van der Waals surface area contributed by atoms with Crippen molar-refractivity contribution in [1.29, 1.82) is 0 Å². The van der Waals surface area contributed by atoms with Gasteiger partial charge in [0.2, 0.25) is 5.78 Å². The summed E-state index contributed by atoms with van der Waals surface area (Å²) in [4.78, 5) is 37.4. The van der Waals surface area contributed by atoms with Crippen molar-refractivity contribution in [3.63, 3.8) is 0 Å². The van der Waals surface area contributed by atoms with E-state index in [-0.39, 0.29) is 55.7 Å². The molecule has 0 amide bonds. The van der Waals surface area contributed by atoms with Crippen LogP contribution in [0.4, 0.5) is 8.78 Å². The number of halogens is 2. The zero-order chi connectivity index (χ0) is 28.8. The van der Waals surface area contributed by atoms with Gasteiger partial charge in [-0.25, -0.2) is 0 Å². The third-order valence-electron chi connectivity index (χ3n) is 8.12. The number of carbonyl (C=O) groups excluding carboxylic acids is 3. The molecule has 0 spiro atoms. The Balaban J connectivity index is 1.45. The fourth-order valence-electron chi connectivity index (χ4n) is 5.74. The lowest BCUT2D eigenvalue weighted by molar-refractivity contribution is -0.196. The van der Waals surface area contributed by atoms with Crippen molar-refractivity contribution in [3.8, 4) is 0 Å². The molecule has 2 aliphatic rings. The van der Waals surface area contributed by atoms with E-state index in [1.165, 1.54) is 0 Å². The highest BCUT2D eigenvalue weighted by Gasteiger charge is 2.45. The maximum Gasteiger partial charge on any atom is 0.306 e. The number of rotatable bonds is 18. The molecular weight excluding hydrogens is 518 g/mol. The largest absolute Gasteiger partial charge is 0.461 e. The van der Waals surface area contributed by atoms with Crippen molar-refractivity contribution in [1.82, 2.24) is 0 Å². The van der Waals surface area contributed by atoms with Crippen molar-refractivity contribution in [2.75, 3.05) is 6.61 Å². The maximum absolute atomic E-state index is 14.3. The molecule has 1 saturated carbocycles. The normalized spacial score (nSPS) is 23.3. The lowest BCUT2D eigenvalue weighted by atomic mass is 9.84. The number of ether oxygens (including phenoxy) is 3. The molecule has 224 valence electrons. The predicted octanol–water partition coefficient (Wildman–Crippen LogP) is 7.36. The summed E-state index contributed by atoms with van der Waals surface area (Å²) in [7, 11) is 0. The first-order valence-electron chi connectivity index (χ1n) is 15.2. The number of hydrogen-bond donors (Lipinski definition) is 0. The van der Waals surface area contributed by atoms with E-state index < -0.39 is 24.2 Å². The third-order valence-corrected chi connectivity index (χ3v) is 8.12. The van der Waals surface area contributed by atoms with Gasteiger partial charge >= 0.3 is 11.9 Å². The van der Waals surface area contributed by atoms with Gasteiger partial charge in [-0.2, -0.15) is 8.78 Å². The number of unbranched alkanes of at least 4 members (excludes halogenated alkanes) is 4. The molecule has 0 aromatic heterocycles. The van der Waals surface area contributed by atoms with E-state index in [1.54, 1.807) is 0 Å². The molecule has 0 N–H and O–H groups in total. The number of esters is 1. The van der Waals surface area contributed by atoms with Crippen molar-refractivity contribution in [3.05, 3.63) is 35.9 Å². The molecule has 1 aliphatic carbocycles. The van der Waals surface area contributed by atoms with Crippen LogP contribution in [-0.4, -0.2) is 42.5 Å². The van der Waals surface area contributed by atoms with Gasteiger partial charge in [0.15, 0.2) is 6.29 Å². The number of ketones is 2. The maximum atomic E-state index is 14.3. The Kier molecular flexibility index (Phi) is 13.7. The van der Waals surface area contributed by atoms with Crippen LogP contribution in [0, 0.1) is 11.8 Å². The molecule has 1 aromatic carbocycles. The van der Waals surface area contributed by atoms with Crippen LogP contribution in [0.5, 0.6) is 0 Å². The molecule has 2 fully saturated rings. The van der Waals surface area contributed by atoms with E-state index in [0.29, 0.717) is 38.7 Å². The molecule has 1 aromatic rings. The number of alkyl halides is 2. The quantitative estimate of drug-likeness (QED) is 0.137. The third kappa shape index (κ3) is 10.7. The molecule has 3 rings (SSSR count). The highest BCUT2D eigenvalue weighted by Crippen LogP contribution is 2.40. The Labute approximate surface area is 237 Å². The first kappa shape index (κ1) is 32.3. The molecule has 0 bridgehead atoms. The minimum absolute atomic E-state index is 0.0838. The number of benzene rings is 1. The molecule has 1 unspecified atom stereocenters. The van der Waals surface area contributed by atoms with Gasteiger partial charge in [0.1, 0.15) is 12.4 Å². The van der Waals surface area contributed by atoms with E-state index in [0.717, 1.165) is 44.1 Å². The summed E-state index contributed by atoms with van der Waals surface area (Å²) in [6.07, 6.45) is 6.81. The Hall–Kier alpha value is -2.19. The lowest BCUT2D eigenvalue weighted by Crippen LogP contribution is -2.33. The molecule has 1 aliphatic heterocycles. The molecule has 40 heavy (non-hydrogen) atoms. The second-order valence-corrected chi connectivity index (χ2v) is 11.3. The van der Waals surface area contributed by atoms with Crippen LogP contribution in [0.25, 0.3) is 0 Å². The fraction of sp³-hybridized carbons (Fsp3) is 0.719. The molecule has 6 nitrogen and oxygen atoms in total. The molecule has 1 heterocycles. The van der Waals surface area contributed by atoms with Crippen LogP contribution in [0.2, 0.25) is 0 Å². The monoisotopic (exact) mass is 564 g/mol. The topological polar surface area (TPSA) is 78.9 Å². The van der Waals surface area contributed by atoms with Gasteiger partial charge in [0.25, 0.3) is 0 Å². The average molecular weight is 565 g/mol. The number of carbonyl (C=O) groups is 3. The second-order valence-electron chi connectivity index (χ2n) is 11.3. The van der Waals surface area contributed by atoms with Crippen LogP contribution < -0.4 is 0 Å². The summed E-state index contributed by atoms with van der Waals surface area (Å²) in [6.45, 7) is 2.70. The molecule has 0 radical (unpaired) electrons. The Morgan fingerprint density at radius 3 is 2.50 bits per heavy atom. The fourth-order valence-corrected chi connectivity index (χ4v) is 5.74. The van der Waals surface area contributed by atoms with Crippen LogP contribution in [0.1, 0.15) is 109 Å². The van der Waals surface area contributed by atoms with Gasteiger partial charge < -0.3 is 14.2 Å². The minimum atomic E-state index is -3.32. The van der Waals surface area contributed by atoms with E-state index >= 15 is 0 Å².